The minimum Gasteiger partial charge on any atom is -0.490 e. The average Bonchev–Trinajstić information content (AvgIpc) is 3.70. The van der Waals surface area contributed by atoms with Crippen molar-refractivity contribution in [1.82, 2.24) is 24.9 Å². The quantitative estimate of drug-likeness (QED) is 0.448. The molecule has 0 radical (unpaired) electrons. The van der Waals surface area contributed by atoms with Crippen molar-refractivity contribution in [2.75, 3.05) is 26.2 Å². The van der Waals surface area contributed by atoms with E-state index in [2.05, 4.69) is 54.6 Å². The van der Waals surface area contributed by atoms with Crippen LogP contribution in [0, 0.1) is 11.8 Å². The Morgan fingerprint density at radius 1 is 0.905 bits per heavy atom. The smallest absolute Gasteiger partial charge is 0.250 e. The highest BCUT2D eigenvalue weighted by Gasteiger charge is 2.47. The van der Waals surface area contributed by atoms with E-state index in [0.717, 1.165) is 69.0 Å². The zero-order valence-corrected chi connectivity index (χ0v) is 26.9. The van der Waals surface area contributed by atoms with E-state index in [9.17, 15) is 14.4 Å². The number of carbonyl (C=O) groups excluding carboxylic acids is 3. The van der Waals surface area contributed by atoms with E-state index in [0.29, 0.717) is 5.92 Å². The maximum absolute atomic E-state index is 13.4. The molecule has 9 nitrogen and oxygen atoms in total. The van der Waals surface area contributed by atoms with Gasteiger partial charge >= 0.3 is 0 Å². The lowest BCUT2D eigenvalue weighted by Crippen LogP contribution is -2.48. The number of likely N-dealkylation sites (tertiary alicyclic amines) is 2. The molecule has 0 bridgehead atoms. The summed E-state index contributed by atoms with van der Waals surface area (Å²) in [6, 6.07) is 0.143. The molecule has 0 aliphatic carbocycles. The summed E-state index contributed by atoms with van der Waals surface area (Å²) in [4.78, 5) is 47.7. The first-order valence-corrected chi connectivity index (χ1v) is 16.1. The lowest BCUT2D eigenvalue weighted by atomic mass is 9.96. The van der Waals surface area contributed by atoms with Gasteiger partial charge in [-0.25, -0.2) is 0 Å². The van der Waals surface area contributed by atoms with Gasteiger partial charge in [0.25, 0.3) is 5.91 Å². The third kappa shape index (κ3) is 5.93. The van der Waals surface area contributed by atoms with Gasteiger partial charge in [0.05, 0.1) is 30.2 Å². The monoisotopic (exact) mass is 581 g/mol. The van der Waals surface area contributed by atoms with Crippen molar-refractivity contribution in [3.8, 4) is 0 Å². The molecule has 0 aromatic carbocycles. The van der Waals surface area contributed by atoms with Gasteiger partial charge in [0.15, 0.2) is 0 Å². The molecule has 0 spiro atoms. The first kappa shape index (κ1) is 30.5. The lowest BCUT2D eigenvalue weighted by molar-refractivity contribution is -0.129. The van der Waals surface area contributed by atoms with Crippen LogP contribution in [0.5, 0.6) is 0 Å². The Balaban J connectivity index is 1.24. The highest BCUT2D eigenvalue weighted by Crippen LogP contribution is 2.38. The molecule has 9 heteroatoms. The molecule has 42 heavy (non-hydrogen) atoms. The third-order valence-electron chi connectivity index (χ3n) is 9.59. The zero-order valence-electron chi connectivity index (χ0n) is 26.9. The van der Waals surface area contributed by atoms with Gasteiger partial charge in [-0.15, -0.1) is 0 Å². The van der Waals surface area contributed by atoms with Crippen molar-refractivity contribution in [3.05, 3.63) is 35.4 Å². The summed E-state index contributed by atoms with van der Waals surface area (Å²) >= 11 is 0. The molecule has 1 N–H and O–H groups in total. The van der Waals surface area contributed by atoms with Crippen LogP contribution in [-0.2, 0) is 19.1 Å². The first-order valence-electron chi connectivity index (χ1n) is 16.1. The van der Waals surface area contributed by atoms with Crippen LogP contribution in [0.2, 0.25) is 0 Å². The Bertz CT molecular complexity index is 1180. The van der Waals surface area contributed by atoms with Gasteiger partial charge < -0.3 is 29.7 Å². The highest BCUT2D eigenvalue weighted by molar-refractivity contribution is 5.93. The normalized spacial score (nSPS) is 30.9. The van der Waals surface area contributed by atoms with E-state index >= 15 is 0 Å². The summed E-state index contributed by atoms with van der Waals surface area (Å²) in [7, 11) is 0. The largest absolute Gasteiger partial charge is 0.490 e. The molecule has 0 unspecified atom stereocenters. The Morgan fingerprint density at radius 3 is 2.10 bits per heavy atom. The second kappa shape index (κ2) is 11.6. The van der Waals surface area contributed by atoms with Gasteiger partial charge in [0.1, 0.15) is 11.4 Å². The zero-order chi connectivity index (χ0) is 30.5. The molecule has 5 aliphatic heterocycles. The van der Waals surface area contributed by atoms with Crippen molar-refractivity contribution >= 4 is 17.7 Å². The number of nitrogens with zero attached hydrogens (tertiary/aromatic N) is 4. The molecule has 0 aromatic heterocycles. The number of hydrogen-bond acceptors (Lipinski definition) is 6. The van der Waals surface area contributed by atoms with Crippen LogP contribution in [0.15, 0.2) is 35.4 Å². The van der Waals surface area contributed by atoms with Crippen LogP contribution in [0.25, 0.3) is 0 Å². The fourth-order valence-corrected chi connectivity index (χ4v) is 7.58. The fourth-order valence-electron chi connectivity index (χ4n) is 7.58. The predicted octanol–water partition coefficient (Wildman–Crippen LogP) is 3.63. The number of carbonyl (C=O) groups is 3. The first-order chi connectivity index (χ1) is 19.8. The molecular formula is C33H51N5O4. The van der Waals surface area contributed by atoms with Crippen LogP contribution in [0.1, 0.15) is 81.1 Å². The number of hydrogen-bond donors (Lipinski definition) is 1. The van der Waals surface area contributed by atoms with Gasteiger partial charge in [-0.05, 0) is 58.8 Å². The van der Waals surface area contributed by atoms with Crippen LogP contribution in [0.4, 0.5) is 0 Å². The molecule has 3 amide bonds. The molecule has 5 heterocycles. The molecule has 232 valence electrons. The third-order valence-corrected chi connectivity index (χ3v) is 9.59. The molecule has 6 atom stereocenters. The number of nitrogens with one attached hydrogen (secondary N) is 1. The van der Waals surface area contributed by atoms with Crippen molar-refractivity contribution in [1.29, 1.82) is 0 Å². The van der Waals surface area contributed by atoms with Crippen LogP contribution in [0.3, 0.4) is 0 Å². The van der Waals surface area contributed by atoms with Crippen LogP contribution >= 0.6 is 0 Å². The number of ether oxygens (including phenoxy) is 1. The van der Waals surface area contributed by atoms with Crippen molar-refractivity contribution < 1.29 is 19.1 Å². The predicted molar refractivity (Wildman–Crippen MR) is 163 cm³/mol. The molecular weight excluding hydrogens is 530 g/mol. The maximum atomic E-state index is 13.4. The second-order valence-corrected chi connectivity index (χ2v) is 14.4. The number of rotatable bonds is 9. The average molecular weight is 582 g/mol. The van der Waals surface area contributed by atoms with Gasteiger partial charge in [-0.3, -0.25) is 14.4 Å². The van der Waals surface area contributed by atoms with Gasteiger partial charge in [-0.1, -0.05) is 34.1 Å². The van der Waals surface area contributed by atoms with E-state index in [1.165, 1.54) is 0 Å². The number of amides is 3. The van der Waals surface area contributed by atoms with Crippen LogP contribution < -0.4 is 5.32 Å². The Morgan fingerprint density at radius 2 is 1.50 bits per heavy atom. The highest BCUT2D eigenvalue weighted by atomic mass is 16.5. The minimum atomic E-state index is -0.366. The molecule has 2 fully saturated rings. The molecule has 2 saturated heterocycles. The molecule has 0 aromatic rings. The summed E-state index contributed by atoms with van der Waals surface area (Å²) in [5.41, 5.74) is 1.76. The van der Waals surface area contributed by atoms with E-state index in [1.54, 1.807) is 12.2 Å². The summed E-state index contributed by atoms with van der Waals surface area (Å²) in [6.45, 7) is 20.1. The summed E-state index contributed by atoms with van der Waals surface area (Å²) in [5, 5.41) is 3.11. The fraction of sp³-hybridized carbons (Fsp3) is 0.727. The van der Waals surface area contributed by atoms with Gasteiger partial charge in [0.2, 0.25) is 11.8 Å². The Labute approximate surface area is 252 Å². The maximum Gasteiger partial charge on any atom is 0.250 e. The summed E-state index contributed by atoms with van der Waals surface area (Å²) < 4.78 is 6.29. The minimum absolute atomic E-state index is 0.0170. The summed E-state index contributed by atoms with van der Waals surface area (Å²) in [5.74, 6) is 1.64. The summed E-state index contributed by atoms with van der Waals surface area (Å²) in [6.07, 6.45) is 8.90. The Hall–Kier alpha value is -2.97. The van der Waals surface area contributed by atoms with E-state index in [1.807, 2.05) is 31.7 Å². The Kier molecular flexibility index (Phi) is 8.42. The molecule has 5 aliphatic rings. The standard InChI is InChI=1S/C33H51N5O4/c1-9-21(4)32-28(42-33(6,7)8)17-31(41)38(32)24-11-12-35(19-24)26-16-30(40)37(22(26)5)23-10-13-36(18-23)27-15-29(39)34-25(27)14-20(2)3/h15-17,20-25,32H,9-14,18-19H2,1-8H3,(H,34,39)/t21-,22-,23-,24-,25-,32-/m0/s1. The van der Waals surface area contributed by atoms with Gasteiger partial charge in [0, 0.05) is 55.8 Å². The van der Waals surface area contributed by atoms with Crippen LogP contribution in [-0.4, -0.2) is 99.3 Å². The van der Waals surface area contributed by atoms with Crippen molar-refractivity contribution in [2.24, 2.45) is 11.8 Å². The van der Waals surface area contributed by atoms with Gasteiger partial charge in [-0.2, -0.15) is 0 Å². The van der Waals surface area contributed by atoms with Crippen molar-refractivity contribution in [2.45, 2.75) is 117 Å². The second-order valence-electron chi connectivity index (χ2n) is 14.4. The molecule has 0 saturated carbocycles. The topological polar surface area (TPSA) is 85.4 Å². The van der Waals surface area contributed by atoms with Crippen molar-refractivity contribution in [3.63, 3.8) is 0 Å². The van der Waals surface area contributed by atoms with E-state index < -0.39 is 0 Å². The van der Waals surface area contributed by atoms with E-state index in [-0.39, 0.29) is 59.4 Å². The van der Waals surface area contributed by atoms with E-state index in [4.69, 9.17) is 4.74 Å². The molecule has 5 rings (SSSR count). The SMILES string of the molecule is CC[C@H](C)[C@H]1C(OC(C)(C)C)=CC(=O)N1[C@H]1CCN(C2=CC(=O)N([C@H]3CCN(C4=CC(=O)N[C@H]4CC(C)C)C3)[C@H]2C)C1. The lowest BCUT2D eigenvalue weighted by Gasteiger charge is -2.37.